The van der Waals surface area contributed by atoms with Crippen LogP contribution in [-0.2, 0) is 10.3 Å². The van der Waals surface area contributed by atoms with E-state index in [1.165, 1.54) is 16.5 Å². The van der Waals surface area contributed by atoms with Gasteiger partial charge in [-0.1, -0.05) is 32.0 Å². The first kappa shape index (κ1) is 13.2. The van der Waals surface area contributed by atoms with Crippen molar-refractivity contribution in [1.82, 2.24) is 4.57 Å². The van der Waals surface area contributed by atoms with Crippen LogP contribution in [0.5, 0.6) is 0 Å². The number of benzene rings is 1. The lowest BCUT2D eigenvalue weighted by Gasteiger charge is -2.26. The average molecular weight is 245 g/mol. The third-order valence-electron chi connectivity index (χ3n) is 3.65. The van der Waals surface area contributed by atoms with Crippen molar-refractivity contribution >= 4 is 10.9 Å². The molecule has 1 aromatic heterocycles. The normalized spacial score (nSPS) is 18.4. The summed E-state index contributed by atoms with van der Waals surface area (Å²) in [5, 5.41) is 1.34. The third kappa shape index (κ3) is 2.05. The van der Waals surface area contributed by atoms with Gasteiger partial charge >= 0.3 is 0 Å². The smallest absolute Gasteiger partial charge is 0.104 e. The molecule has 0 bridgehead atoms. The fourth-order valence-corrected chi connectivity index (χ4v) is 2.44. The van der Waals surface area contributed by atoms with Gasteiger partial charge in [0.2, 0.25) is 0 Å². The molecule has 18 heavy (non-hydrogen) atoms. The molecule has 2 nitrogen and oxygen atoms in total. The van der Waals surface area contributed by atoms with Crippen LogP contribution in [0.2, 0.25) is 0 Å². The summed E-state index contributed by atoms with van der Waals surface area (Å²) in [4.78, 5) is 0. The Kier molecular flexibility index (Phi) is 3.49. The quantitative estimate of drug-likeness (QED) is 0.728. The summed E-state index contributed by atoms with van der Waals surface area (Å²) in [6.45, 7) is 11.5. The van der Waals surface area contributed by atoms with Crippen molar-refractivity contribution in [2.75, 3.05) is 6.61 Å². The maximum absolute atomic E-state index is 5.47. The largest absolute Gasteiger partial charge is 0.371 e. The van der Waals surface area contributed by atoms with Crippen molar-refractivity contribution in [1.29, 1.82) is 0 Å². The Morgan fingerprint density at radius 2 is 1.83 bits per heavy atom. The van der Waals surface area contributed by atoms with Crippen molar-refractivity contribution in [2.24, 2.45) is 0 Å². The molecule has 2 heteroatoms. The number of aryl methyl sites for hydroxylation is 1. The highest BCUT2D eigenvalue weighted by atomic mass is 16.6. The van der Waals surface area contributed by atoms with Gasteiger partial charge in [0.15, 0.2) is 0 Å². The second-order valence-corrected chi connectivity index (χ2v) is 5.17. The second kappa shape index (κ2) is 4.77. The van der Waals surface area contributed by atoms with Crippen molar-refractivity contribution in [2.45, 2.75) is 46.3 Å². The molecule has 0 spiro atoms. The highest BCUT2D eigenvalue weighted by Crippen LogP contribution is 2.35. The molecule has 0 radical (unpaired) electrons. The molecule has 1 aromatic carbocycles. The van der Waals surface area contributed by atoms with Gasteiger partial charge in [-0.15, -0.1) is 0 Å². The molecule has 98 valence electrons. The van der Waals surface area contributed by atoms with Gasteiger partial charge in [-0.05, 0) is 32.4 Å². The summed E-state index contributed by atoms with van der Waals surface area (Å²) in [5.41, 5.74) is 2.69. The lowest BCUT2D eigenvalue weighted by atomic mass is 10.0. The van der Waals surface area contributed by atoms with Gasteiger partial charge in [-0.2, -0.15) is 0 Å². The highest BCUT2D eigenvalue weighted by molar-refractivity contribution is 5.84. The first-order valence-electron chi connectivity index (χ1n) is 6.79. The Balaban J connectivity index is 0.000000574. The Morgan fingerprint density at radius 1 is 1.22 bits per heavy atom. The number of nitrogens with zero attached hydrogens (tertiary/aromatic N) is 1. The highest BCUT2D eigenvalue weighted by Gasteiger charge is 2.41. The van der Waals surface area contributed by atoms with E-state index < -0.39 is 0 Å². The third-order valence-corrected chi connectivity index (χ3v) is 3.65. The fraction of sp³-hybridized carbons (Fsp3) is 0.500. The van der Waals surface area contributed by atoms with E-state index in [-0.39, 0.29) is 5.54 Å². The minimum atomic E-state index is 0.0495. The monoisotopic (exact) mass is 245 g/mol. The van der Waals surface area contributed by atoms with Crippen molar-refractivity contribution in [3.8, 4) is 0 Å². The van der Waals surface area contributed by atoms with E-state index >= 15 is 0 Å². The van der Waals surface area contributed by atoms with E-state index in [2.05, 4.69) is 55.8 Å². The first-order valence-corrected chi connectivity index (χ1v) is 6.79. The number of hydrogen-bond donors (Lipinski definition) is 0. The number of hydrogen-bond acceptors (Lipinski definition) is 1. The summed E-state index contributed by atoms with van der Waals surface area (Å²) >= 11 is 0. The lowest BCUT2D eigenvalue weighted by molar-refractivity contribution is 0.249. The number of epoxide rings is 1. The molecule has 1 aliphatic rings. The topological polar surface area (TPSA) is 17.5 Å². The molecule has 0 aliphatic carbocycles. The summed E-state index contributed by atoms with van der Waals surface area (Å²) < 4.78 is 7.82. The predicted octanol–water partition coefficient (Wildman–Crippen LogP) is 4.11. The van der Waals surface area contributed by atoms with Gasteiger partial charge in [-0.3, -0.25) is 0 Å². The zero-order valence-electron chi connectivity index (χ0n) is 12.0. The summed E-state index contributed by atoms with van der Waals surface area (Å²) in [5.74, 6) is 0. The molecule has 3 rings (SSSR count). The zero-order valence-corrected chi connectivity index (χ0v) is 12.0. The molecular formula is C16H23NO. The Hall–Kier alpha value is -1.28. The van der Waals surface area contributed by atoms with Crippen molar-refractivity contribution < 1.29 is 4.74 Å². The molecule has 1 fully saturated rings. The number of ether oxygens (including phenoxy) is 1. The fourth-order valence-electron chi connectivity index (χ4n) is 2.44. The van der Waals surface area contributed by atoms with Gasteiger partial charge in [0.05, 0.1) is 12.1 Å². The van der Waals surface area contributed by atoms with Crippen molar-refractivity contribution in [3.63, 3.8) is 0 Å². The van der Waals surface area contributed by atoms with Crippen LogP contribution in [0.3, 0.4) is 0 Å². The summed E-state index contributed by atoms with van der Waals surface area (Å²) in [7, 11) is 0. The molecule has 1 unspecified atom stereocenters. The first-order chi connectivity index (χ1) is 8.60. The Morgan fingerprint density at radius 3 is 2.44 bits per heavy atom. The molecular weight excluding hydrogens is 222 g/mol. The van der Waals surface area contributed by atoms with Gasteiger partial charge in [-0.25, -0.2) is 0 Å². The van der Waals surface area contributed by atoms with Gasteiger partial charge < -0.3 is 9.30 Å². The van der Waals surface area contributed by atoms with E-state index in [1.54, 1.807) is 0 Å². The van der Waals surface area contributed by atoms with E-state index in [0.29, 0.717) is 6.10 Å². The molecule has 0 saturated carbocycles. The Labute approximate surface area is 110 Å². The molecule has 2 aromatic rings. The second-order valence-electron chi connectivity index (χ2n) is 5.17. The van der Waals surface area contributed by atoms with Crippen LogP contribution in [0.4, 0.5) is 0 Å². The van der Waals surface area contributed by atoms with Crippen LogP contribution in [0.15, 0.2) is 30.5 Å². The number of fused-ring (bicyclic) bond motifs is 1. The molecule has 1 saturated heterocycles. The SMILES string of the molecule is CC.Cc1cn(C(C)(C)C2CO2)c2ccccc12. The van der Waals surface area contributed by atoms with E-state index in [4.69, 9.17) is 4.74 Å². The van der Waals surface area contributed by atoms with Gasteiger partial charge in [0.1, 0.15) is 6.10 Å². The van der Waals surface area contributed by atoms with Crippen LogP contribution in [0.25, 0.3) is 10.9 Å². The maximum atomic E-state index is 5.47. The molecule has 0 N–H and O–H groups in total. The van der Waals surface area contributed by atoms with Crippen LogP contribution in [0.1, 0.15) is 33.3 Å². The van der Waals surface area contributed by atoms with E-state index in [9.17, 15) is 0 Å². The maximum Gasteiger partial charge on any atom is 0.104 e. The average Bonchev–Trinajstić information content (AvgIpc) is 3.18. The number of aromatic nitrogens is 1. The Bertz CT molecular complexity index is 535. The standard InChI is InChI=1S/C14H17NO.C2H6/c1-10-8-15(14(2,3)13-9-16-13)12-7-5-4-6-11(10)12;1-2/h4-8,13H,9H2,1-3H3;1-2H3. The zero-order chi connectivity index (χ0) is 13.3. The molecule has 2 heterocycles. The summed E-state index contributed by atoms with van der Waals surface area (Å²) in [6, 6.07) is 8.57. The van der Waals surface area contributed by atoms with Gasteiger partial charge in [0.25, 0.3) is 0 Å². The van der Waals surface area contributed by atoms with Crippen LogP contribution in [0, 0.1) is 6.92 Å². The minimum absolute atomic E-state index is 0.0495. The lowest BCUT2D eigenvalue weighted by Crippen LogP contribution is -2.31. The summed E-state index contributed by atoms with van der Waals surface area (Å²) in [6.07, 6.45) is 2.61. The van der Waals surface area contributed by atoms with E-state index in [1.807, 2.05) is 13.8 Å². The van der Waals surface area contributed by atoms with Crippen molar-refractivity contribution in [3.05, 3.63) is 36.0 Å². The molecule has 0 amide bonds. The van der Waals surface area contributed by atoms with Crippen LogP contribution in [-0.4, -0.2) is 17.3 Å². The van der Waals surface area contributed by atoms with E-state index in [0.717, 1.165) is 6.61 Å². The van der Waals surface area contributed by atoms with Crippen LogP contribution >= 0.6 is 0 Å². The number of para-hydroxylation sites is 1. The van der Waals surface area contributed by atoms with Crippen LogP contribution < -0.4 is 0 Å². The minimum Gasteiger partial charge on any atom is -0.371 e. The number of rotatable bonds is 2. The molecule has 1 aliphatic heterocycles. The van der Waals surface area contributed by atoms with Gasteiger partial charge in [0, 0.05) is 17.1 Å². The predicted molar refractivity (Wildman–Crippen MR) is 77.1 cm³/mol. The molecule has 1 atom stereocenters.